The molecule has 0 spiro atoms. The Kier molecular flexibility index (Phi) is 11.7. The Balaban J connectivity index is 1.84. The van der Waals surface area contributed by atoms with E-state index in [4.69, 9.17) is 37.7 Å². The summed E-state index contributed by atoms with van der Waals surface area (Å²) in [6.07, 6.45) is -17.2. The van der Waals surface area contributed by atoms with Crippen LogP contribution in [0.1, 0.15) is 12.6 Å². The molecule has 0 aromatic carbocycles. The standard InChI is InChI=1S/C16H20Cl2F6N5O12P3S/c17-16(18,42(32,33)34)43(35,36)41-44(37,38)39-3-6-8(30)9(31)12(40-6)29-5-26-7-10(25-4-15(22,23)24)27-13(28-11(7)29)45-2-1-14(19,20)21/h5-6,8-9,12,30-31H,1-4H2,(H,35,36)(H,37,38)(H,25,27,28)(H2,32,33,34)/t6-,8-,9-,12-/m1/s1. The van der Waals surface area contributed by atoms with Crippen molar-refractivity contribution in [3.05, 3.63) is 6.33 Å². The van der Waals surface area contributed by atoms with Crippen LogP contribution in [0.5, 0.6) is 0 Å². The summed E-state index contributed by atoms with van der Waals surface area (Å²) in [7, 11) is -17.7. The molecule has 1 fully saturated rings. The van der Waals surface area contributed by atoms with Gasteiger partial charge in [-0.2, -0.15) is 26.3 Å². The molecule has 6 atom stereocenters. The fourth-order valence-corrected chi connectivity index (χ4v) is 8.41. The van der Waals surface area contributed by atoms with Crippen molar-refractivity contribution in [2.45, 2.75) is 52.3 Å². The van der Waals surface area contributed by atoms with Crippen LogP contribution in [0.2, 0.25) is 0 Å². The van der Waals surface area contributed by atoms with Gasteiger partial charge in [-0.05, 0) is 0 Å². The van der Waals surface area contributed by atoms with Crippen LogP contribution >= 0.6 is 58.0 Å². The quantitative estimate of drug-likeness (QED) is 0.0506. The number of thioether (sulfide) groups is 1. The third-order valence-electron chi connectivity index (χ3n) is 5.39. The fourth-order valence-electron chi connectivity index (χ4n) is 3.35. The largest absolute Gasteiger partial charge is 0.479 e. The van der Waals surface area contributed by atoms with E-state index in [9.17, 15) is 60.0 Å². The smallest absolute Gasteiger partial charge is 0.387 e. The van der Waals surface area contributed by atoms with Crippen LogP contribution in [0, 0.1) is 0 Å². The molecule has 3 rings (SSSR count). The molecule has 2 aromatic heterocycles. The predicted molar refractivity (Wildman–Crippen MR) is 140 cm³/mol. The second-order valence-corrected chi connectivity index (χ2v) is 17.9. The van der Waals surface area contributed by atoms with Gasteiger partial charge in [0.25, 0.3) is 0 Å². The third-order valence-corrected chi connectivity index (χ3v) is 14.0. The number of aliphatic hydroxyl groups excluding tert-OH is 2. The first-order chi connectivity index (χ1) is 20.2. The molecule has 1 aliphatic rings. The van der Waals surface area contributed by atoms with E-state index in [2.05, 4.69) is 23.8 Å². The highest BCUT2D eigenvalue weighted by atomic mass is 35.5. The van der Waals surface area contributed by atoms with Gasteiger partial charge in [-0.1, -0.05) is 35.0 Å². The molecule has 2 unspecified atom stereocenters. The van der Waals surface area contributed by atoms with E-state index in [1.54, 1.807) is 0 Å². The number of anilines is 1. The number of imidazole rings is 1. The Hall–Kier alpha value is -0.810. The van der Waals surface area contributed by atoms with E-state index in [-0.39, 0.29) is 5.52 Å². The van der Waals surface area contributed by atoms with Crippen molar-refractivity contribution in [1.82, 2.24) is 19.5 Å². The minimum Gasteiger partial charge on any atom is -0.387 e. The number of nitrogens with one attached hydrogen (secondary N) is 1. The predicted octanol–water partition coefficient (Wildman–Crippen LogP) is 3.05. The fraction of sp³-hybridized carbons (Fsp3) is 0.688. The Morgan fingerprint density at radius 1 is 1.02 bits per heavy atom. The monoisotopic (exact) mass is 783 g/mol. The molecule has 3 heterocycles. The van der Waals surface area contributed by atoms with Gasteiger partial charge in [0.05, 0.1) is 19.4 Å². The number of phosphoric acid groups is 1. The highest BCUT2D eigenvalue weighted by Crippen LogP contribution is 2.79. The zero-order chi connectivity index (χ0) is 34.4. The molecule has 29 heteroatoms. The molecule has 0 bridgehead atoms. The van der Waals surface area contributed by atoms with Crippen LogP contribution in [-0.2, 0) is 27.3 Å². The maximum Gasteiger partial charge on any atom is 0.479 e. The van der Waals surface area contributed by atoms with Crippen molar-refractivity contribution in [2.75, 3.05) is 24.2 Å². The van der Waals surface area contributed by atoms with Gasteiger partial charge in [0.15, 0.2) is 28.4 Å². The minimum absolute atomic E-state index is 0.368. The highest BCUT2D eigenvalue weighted by Gasteiger charge is 2.62. The van der Waals surface area contributed by atoms with Gasteiger partial charge in [0.2, 0.25) is 0 Å². The topological polar surface area (TPSA) is 256 Å². The maximum absolute atomic E-state index is 12.8. The Bertz CT molecular complexity index is 1530. The van der Waals surface area contributed by atoms with Gasteiger partial charge in [0, 0.05) is 5.75 Å². The Morgan fingerprint density at radius 3 is 2.20 bits per heavy atom. The van der Waals surface area contributed by atoms with Crippen LogP contribution in [-0.4, -0.2) is 103 Å². The number of phosphoric ester groups is 1. The number of hydrogen-bond donors (Lipinski definition) is 7. The zero-order valence-corrected chi connectivity index (χ0v) is 26.4. The molecular formula is C16H20Cl2F6N5O12P3S. The lowest BCUT2D eigenvalue weighted by Crippen LogP contribution is -2.33. The van der Waals surface area contributed by atoms with Crippen LogP contribution in [0.3, 0.4) is 0 Å². The number of ether oxygens (including phenoxy) is 1. The lowest BCUT2D eigenvalue weighted by molar-refractivity contribution is -0.129. The molecule has 45 heavy (non-hydrogen) atoms. The van der Waals surface area contributed by atoms with Gasteiger partial charge in [-0.25, -0.2) is 23.8 Å². The van der Waals surface area contributed by atoms with Gasteiger partial charge < -0.3 is 39.8 Å². The van der Waals surface area contributed by atoms with E-state index in [0.717, 1.165) is 10.9 Å². The summed E-state index contributed by atoms with van der Waals surface area (Å²) in [6, 6.07) is 0. The average Bonchev–Trinajstić information content (AvgIpc) is 3.39. The summed E-state index contributed by atoms with van der Waals surface area (Å²) in [4.78, 5) is 49.1. The van der Waals surface area contributed by atoms with E-state index in [0.29, 0.717) is 11.8 Å². The SMILES string of the molecule is O=P(O)(OC[C@H]1O[C@@H](n2cnc3c(NCC(F)(F)F)nc(SCCC(F)(F)F)nc32)[C@H](O)[C@@H]1O)OP(=O)(O)C(Cl)(Cl)P(=O)(O)O. The van der Waals surface area contributed by atoms with E-state index in [1.807, 2.05) is 5.32 Å². The van der Waals surface area contributed by atoms with E-state index < -0.39 is 106 Å². The molecule has 0 amide bonds. The molecule has 1 saturated heterocycles. The van der Waals surface area contributed by atoms with E-state index >= 15 is 0 Å². The number of alkyl halides is 8. The summed E-state index contributed by atoms with van der Waals surface area (Å²) < 4.78 is 123. The third kappa shape index (κ3) is 9.64. The summed E-state index contributed by atoms with van der Waals surface area (Å²) >= 11 is 10.8. The van der Waals surface area contributed by atoms with Gasteiger partial charge in [-0.3, -0.25) is 18.2 Å². The second-order valence-electron chi connectivity index (χ2n) is 8.83. The number of fused-ring (bicyclic) bond motifs is 1. The van der Waals surface area contributed by atoms with Gasteiger partial charge in [-0.15, -0.1) is 0 Å². The molecule has 0 aliphatic carbocycles. The zero-order valence-electron chi connectivity index (χ0n) is 21.4. The van der Waals surface area contributed by atoms with Crippen molar-refractivity contribution in [3.63, 3.8) is 0 Å². The van der Waals surface area contributed by atoms with Gasteiger partial charge >= 0.3 is 39.2 Å². The second kappa shape index (κ2) is 13.6. The molecule has 17 nitrogen and oxygen atoms in total. The average molecular weight is 784 g/mol. The molecule has 0 radical (unpaired) electrons. The van der Waals surface area contributed by atoms with E-state index in [1.165, 1.54) is 0 Å². The van der Waals surface area contributed by atoms with Crippen LogP contribution in [0.25, 0.3) is 11.2 Å². The molecule has 7 N–H and O–H groups in total. The molecule has 258 valence electrons. The first kappa shape index (κ1) is 38.6. The van der Waals surface area contributed by atoms with Crippen molar-refractivity contribution >= 4 is 75.0 Å². The molecule has 2 aromatic rings. The minimum atomic E-state index is -6.04. The Morgan fingerprint density at radius 2 is 1.64 bits per heavy atom. The number of nitrogens with zero attached hydrogens (tertiary/aromatic N) is 4. The van der Waals surface area contributed by atoms with Crippen LogP contribution in [0.4, 0.5) is 32.2 Å². The first-order valence-electron chi connectivity index (χ1n) is 11.5. The van der Waals surface area contributed by atoms with Crippen molar-refractivity contribution in [2.24, 2.45) is 0 Å². The Labute approximate surface area is 260 Å². The number of halogens is 8. The lowest BCUT2D eigenvalue weighted by Gasteiger charge is -2.26. The van der Waals surface area contributed by atoms with Gasteiger partial charge in [0.1, 0.15) is 24.9 Å². The summed E-state index contributed by atoms with van der Waals surface area (Å²) in [6.45, 7) is -2.86. The highest BCUT2D eigenvalue weighted by molar-refractivity contribution is 7.99. The summed E-state index contributed by atoms with van der Waals surface area (Å²) in [5, 5.41) is 22.5. The number of aliphatic hydroxyl groups is 2. The summed E-state index contributed by atoms with van der Waals surface area (Å²) in [5.41, 5.74) is -0.760. The van der Waals surface area contributed by atoms with Crippen LogP contribution < -0.4 is 5.32 Å². The first-order valence-corrected chi connectivity index (χ1v) is 17.9. The van der Waals surface area contributed by atoms with Crippen molar-refractivity contribution in [1.29, 1.82) is 0 Å². The number of rotatable bonds is 13. The summed E-state index contributed by atoms with van der Waals surface area (Å²) in [5.74, 6) is -1.19. The number of hydrogen-bond acceptors (Lipinski definition) is 13. The lowest BCUT2D eigenvalue weighted by atomic mass is 10.1. The van der Waals surface area contributed by atoms with Crippen molar-refractivity contribution < 1.29 is 83.4 Å². The van der Waals surface area contributed by atoms with Crippen LogP contribution in [0.15, 0.2) is 11.5 Å². The maximum atomic E-state index is 12.8. The number of aromatic nitrogens is 4. The molecule has 0 saturated carbocycles. The molecule has 1 aliphatic heterocycles. The van der Waals surface area contributed by atoms with Crippen molar-refractivity contribution in [3.8, 4) is 0 Å². The molecular weight excluding hydrogens is 764 g/mol. The normalized spacial score (nSPS) is 24.5.